The van der Waals surface area contributed by atoms with Gasteiger partial charge in [0.25, 0.3) is 5.56 Å². The summed E-state index contributed by atoms with van der Waals surface area (Å²) < 4.78 is 7.58. The van der Waals surface area contributed by atoms with Gasteiger partial charge in [-0.3, -0.25) is 9.36 Å². The van der Waals surface area contributed by atoms with Crippen LogP contribution in [0.15, 0.2) is 23.0 Å². The Balaban J connectivity index is 1.80. The second kappa shape index (κ2) is 8.85. The van der Waals surface area contributed by atoms with Crippen LogP contribution in [0.3, 0.4) is 0 Å². The van der Waals surface area contributed by atoms with Crippen molar-refractivity contribution in [2.75, 3.05) is 13.2 Å². The van der Waals surface area contributed by atoms with Crippen molar-refractivity contribution in [1.29, 1.82) is 0 Å². The molecule has 1 aliphatic heterocycles. The standard InChI is InChI=1S/C24H34N2O2Si/c1-6-7-13-28-14-16-29(4,5)15-10-19-8-9-20-21(17-19)25-22-18-24(2,3)11-12-26(22)23(20)27/h8-9,17H,6-7,11-14,16,18H2,1-5H3. The first-order chi connectivity index (χ1) is 13.7. The van der Waals surface area contributed by atoms with Gasteiger partial charge in [0.15, 0.2) is 0 Å². The van der Waals surface area contributed by atoms with Crippen LogP contribution in [0.4, 0.5) is 0 Å². The number of nitrogens with zero attached hydrogens (tertiary/aromatic N) is 2. The van der Waals surface area contributed by atoms with Gasteiger partial charge in [-0.25, -0.2) is 4.98 Å². The van der Waals surface area contributed by atoms with Gasteiger partial charge in [0.2, 0.25) is 0 Å². The minimum atomic E-state index is -1.64. The van der Waals surface area contributed by atoms with E-state index < -0.39 is 8.07 Å². The molecule has 0 fully saturated rings. The molecule has 3 rings (SSSR count). The molecule has 1 aliphatic rings. The normalized spacial score (nSPS) is 15.6. The molecule has 0 saturated heterocycles. The van der Waals surface area contributed by atoms with E-state index in [-0.39, 0.29) is 11.0 Å². The third-order valence-corrected chi connectivity index (χ3v) is 8.00. The Morgan fingerprint density at radius 1 is 1.28 bits per heavy atom. The SMILES string of the molecule is CCCCOCC[Si](C)(C)C#Cc1ccc2c(=O)n3c(nc2c1)CC(C)(C)CC3. The van der Waals surface area contributed by atoms with Crippen LogP contribution in [0, 0.1) is 16.9 Å². The van der Waals surface area contributed by atoms with E-state index in [9.17, 15) is 4.79 Å². The van der Waals surface area contributed by atoms with Crippen LogP contribution in [-0.4, -0.2) is 30.8 Å². The molecule has 1 aromatic heterocycles. The molecule has 2 heterocycles. The number of hydrogen-bond donors (Lipinski definition) is 0. The lowest BCUT2D eigenvalue weighted by atomic mass is 9.83. The summed E-state index contributed by atoms with van der Waals surface area (Å²) in [5.41, 5.74) is 5.51. The van der Waals surface area contributed by atoms with Crippen molar-refractivity contribution in [3.8, 4) is 11.5 Å². The number of benzene rings is 1. The second-order valence-corrected chi connectivity index (χ2v) is 14.2. The summed E-state index contributed by atoms with van der Waals surface area (Å²) in [5, 5.41) is 0.694. The van der Waals surface area contributed by atoms with Crippen molar-refractivity contribution < 1.29 is 4.74 Å². The van der Waals surface area contributed by atoms with Gasteiger partial charge in [0, 0.05) is 31.7 Å². The number of ether oxygens (including phenoxy) is 1. The Bertz CT molecular complexity index is 996. The predicted molar refractivity (Wildman–Crippen MR) is 123 cm³/mol. The minimum absolute atomic E-state index is 0.0824. The fourth-order valence-electron chi connectivity index (χ4n) is 3.62. The summed E-state index contributed by atoms with van der Waals surface area (Å²) >= 11 is 0. The molecular weight excluding hydrogens is 376 g/mol. The van der Waals surface area contributed by atoms with Gasteiger partial charge in [0.05, 0.1) is 10.9 Å². The Labute approximate surface area is 175 Å². The maximum atomic E-state index is 12.9. The van der Waals surface area contributed by atoms with Crippen molar-refractivity contribution in [3.05, 3.63) is 39.9 Å². The molecule has 0 aliphatic carbocycles. The van der Waals surface area contributed by atoms with E-state index in [2.05, 4.69) is 45.3 Å². The molecule has 0 unspecified atom stereocenters. The Hall–Kier alpha value is -1.90. The first kappa shape index (κ1) is 21.8. The first-order valence-corrected chi connectivity index (χ1v) is 14.1. The Morgan fingerprint density at radius 3 is 2.83 bits per heavy atom. The van der Waals surface area contributed by atoms with E-state index in [1.807, 2.05) is 22.8 Å². The van der Waals surface area contributed by atoms with Crippen molar-refractivity contribution >= 4 is 19.0 Å². The maximum Gasteiger partial charge on any atom is 0.261 e. The molecule has 0 amide bonds. The van der Waals surface area contributed by atoms with E-state index >= 15 is 0 Å². The van der Waals surface area contributed by atoms with Crippen molar-refractivity contribution in [3.63, 3.8) is 0 Å². The molecule has 0 atom stereocenters. The molecule has 0 N–H and O–H groups in total. The molecule has 156 valence electrons. The van der Waals surface area contributed by atoms with E-state index in [0.29, 0.717) is 5.39 Å². The van der Waals surface area contributed by atoms with Gasteiger partial charge in [-0.15, -0.1) is 5.54 Å². The average molecular weight is 411 g/mol. The van der Waals surface area contributed by atoms with Crippen LogP contribution >= 0.6 is 0 Å². The molecular formula is C24H34N2O2Si. The molecule has 2 aromatic rings. The first-order valence-electron chi connectivity index (χ1n) is 10.9. The topological polar surface area (TPSA) is 44.1 Å². The summed E-state index contributed by atoms with van der Waals surface area (Å²) in [6.45, 7) is 13.6. The van der Waals surface area contributed by atoms with Crippen LogP contribution in [0.1, 0.15) is 51.4 Å². The van der Waals surface area contributed by atoms with Gasteiger partial charge < -0.3 is 4.74 Å². The van der Waals surface area contributed by atoms with Gasteiger partial charge in [-0.2, -0.15) is 0 Å². The average Bonchev–Trinajstić information content (AvgIpc) is 2.65. The highest BCUT2D eigenvalue weighted by Gasteiger charge is 2.27. The van der Waals surface area contributed by atoms with Gasteiger partial charge in [0.1, 0.15) is 13.9 Å². The molecule has 4 nitrogen and oxygen atoms in total. The maximum absolute atomic E-state index is 12.9. The smallest absolute Gasteiger partial charge is 0.261 e. The fraction of sp³-hybridized carbons (Fsp3) is 0.583. The quantitative estimate of drug-likeness (QED) is 0.391. The molecule has 0 saturated carbocycles. The number of hydrogen-bond acceptors (Lipinski definition) is 3. The zero-order chi connectivity index (χ0) is 21.1. The second-order valence-electron chi connectivity index (χ2n) is 9.66. The monoisotopic (exact) mass is 410 g/mol. The fourth-order valence-corrected chi connectivity index (χ4v) is 4.88. The summed E-state index contributed by atoms with van der Waals surface area (Å²) in [6.07, 6.45) is 4.14. The zero-order valence-electron chi connectivity index (χ0n) is 18.6. The highest BCUT2D eigenvalue weighted by molar-refractivity contribution is 6.85. The van der Waals surface area contributed by atoms with Crippen molar-refractivity contribution in [2.24, 2.45) is 5.41 Å². The lowest BCUT2D eigenvalue weighted by molar-refractivity contribution is 0.144. The third-order valence-electron chi connectivity index (χ3n) is 5.74. The van der Waals surface area contributed by atoms with Gasteiger partial charge in [-0.1, -0.05) is 46.2 Å². The van der Waals surface area contributed by atoms with Crippen molar-refractivity contribution in [1.82, 2.24) is 9.55 Å². The van der Waals surface area contributed by atoms with Crippen LogP contribution in [-0.2, 0) is 17.7 Å². The third kappa shape index (κ3) is 5.58. The molecule has 0 bridgehead atoms. The summed E-state index contributed by atoms with van der Waals surface area (Å²) in [4.78, 5) is 17.7. The highest BCUT2D eigenvalue weighted by Crippen LogP contribution is 2.30. The Kier molecular flexibility index (Phi) is 6.65. The lowest BCUT2D eigenvalue weighted by Gasteiger charge is -2.31. The number of fused-ring (bicyclic) bond motifs is 2. The minimum Gasteiger partial charge on any atom is -0.382 e. The van der Waals surface area contributed by atoms with Crippen LogP contribution < -0.4 is 5.56 Å². The van der Waals surface area contributed by atoms with E-state index in [0.717, 1.165) is 62.0 Å². The van der Waals surface area contributed by atoms with Crippen molar-refractivity contribution in [2.45, 2.75) is 72.1 Å². The lowest BCUT2D eigenvalue weighted by Crippen LogP contribution is -2.35. The molecule has 29 heavy (non-hydrogen) atoms. The molecule has 5 heteroatoms. The number of aromatic nitrogens is 2. The summed E-state index contributed by atoms with van der Waals surface area (Å²) in [6, 6.07) is 6.87. The van der Waals surface area contributed by atoms with Crippen LogP contribution in [0.5, 0.6) is 0 Å². The molecule has 0 radical (unpaired) electrons. The van der Waals surface area contributed by atoms with E-state index in [1.165, 1.54) is 6.42 Å². The number of rotatable bonds is 6. The largest absolute Gasteiger partial charge is 0.382 e. The summed E-state index contributed by atoms with van der Waals surface area (Å²) in [7, 11) is -1.64. The van der Waals surface area contributed by atoms with Crippen LogP contribution in [0.2, 0.25) is 19.1 Å². The highest BCUT2D eigenvalue weighted by atomic mass is 28.3. The van der Waals surface area contributed by atoms with Gasteiger partial charge >= 0.3 is 0 Å². The summed E-state index contributed by atoms with van der Waals surface area (Å²) in [5.74, 6) is 4.26. The van der Waals surface area contributed by atoms with E-state index in [4.69, 9.17) is 9.72 Å². The molecule has 1 aromatic carbocycles. The van der Waals surface area contributed by atoms with E-state index in [1.54, 1.807) is 0 Å². The molecule has 0 spiro atoms. The zero-order valence-corrected chi connectivity index (χ0v) is 19.6. The van der Waals surface area contributed by atoms with Gasteiger partial charge in [-0.05, 0) is 42.5 Å². The predicted octanol–water partition coefficient (Wildman–Crippen LogP) is 4.78. The van der Waals surface area contributed by atoms with Crippen LogP contribution in [0.25, 0.3) is 10.9 Å². The Morgan fingerprint density at radius 2 is 2.07 bits per heavy atom. The number of unbranched alkanes of at least 4 members (excludes halogenated alkanes) is 1.